The van der Waals surface area contributed by atoms with E-state index in [1.54, 1.807) is 21.1 Å². The Labute approximate surface area is 288 Å². The van der Waals surface area contributed by atoms with Gasteiger partial charge in [-0.15, -0.1) is 23.5 Å². The first-order valence-corrected chi connectivity index (χ1v) is 18.5. The molecule has 3 fully saturated rings. The highest BCUT2D eigenvalue weighted by Gasteiger charge is 2.47. The maximum atomic E-state index is 11.5. The predicted molar refractivity (Wildman–Crippen MR) is 179 cm³/mol. The maximum Gasteiger partial charge on any atom is 0.268 e. The topological polar surface area (TPSA) is 150 Å². The van der Waals surface area contributed by atoms with Gasteiger partial charge in [-0.2, -0.15) is 0 Å². The largest absolute Gasteiger partial charge is 0.285 e. The second-order valence-corrected chi connectivity index (χ2v) is 15.2. The zero-order valence-electron chi connectivity index (χ0n) is 27.8. The molecule has 2 saturated heterocycles. The molecule has 258 valence electrons. The quantitative estimate of drug-likeness (QED) is 0.273. The van der Waals surface area contributed by atoms with E-state index in [1.165, 1.54) is 50.2 Å². The first kappa shape index (κ1) is 35.8. The molecule has 8 aliphatic rings. The Morgan fingerprint density at radius 3 is 1.23 bits per heavy atom. The maximum absolute atomic E-state index is 11.5. The molecule has 1 saturated carbocycles. The van der Waals surface area contributed by atoms with Crippen molar-refractivity contribution in [3.05, 3.63) is 33.1 Å². The summed E-state index contributed by atoms with van der Waals surface area (Å²) in [5.74, 6) is 1.45. The number of thioether (sulfide) groups is 2. The van der Waals surface area contributed by atoms with Crippen molar-refractivity contribution in [2.24, 2.45) is 23.7 Å². The van der Waals surface area contributed by atoms with E-state index in [2.05, 4.69) is 0 Å². The van der Waals surface area contributed by atoms with Gasteiger partial charge in [-0.1, -0.05) is 25.0 Å². The normalized spacial score (nSPS) is 29.2. The number of likely N-dealkylation sites (N-methyl/N-ethyl adjacent to an activating group) is 2. The zero-order valence-corrected chi connectivity index (χ0v) is 29.5. The molecule has 14 heteroatoms. The van der Waals surface area contributed by atoms with E-state index >= 15 is 0 Å². The van der Waals surface area contributed by atoms with Gasteiger partial charge >= 0.3 is 0 Å². The molecule has 8 rings (SSSR count). The molecule has 48 heavy (non-hydrogen) atoms. The van der Waals surface area contributed by atoms with Crippen LogP contribution in [0.1, 0.15) is 64.2 Å². The van der Waals surface area contributed by atoms with Gasteiger partial charge in [-0.25, -0.2) is 0 Å². The first-order chi connectivity index (χ1) is 22.9. The summed E-state index contributed by atoms with van der Waals surface area (Å²) in [7, 11) is 6.26. The molecule has 5 aliphatic heterocycles. The molecule has 0 aromatic rings. The molecule has 8 amide bonds. The lowest BCUT2D eigenvalue weighted by Crippen LogP contribution is -2.26. The Kier molecular flexibility index (Phi) is 11.1. The van der Waals surface area contributed by atoms with Crippen LogP contribution in [-0.2, 0) is 38.4 Å². The monoisotopic (exact) mass is 698 g/mol. The minimum atomic E-state index is -0.132. The molecule has 3 aliphatic carbocycles. The number of likely N-dealkylation sites (tertiary alicyclic amines) is 2. The SMILES string of the molecule is CN1C(=O)C2=C(CCCC2)C1=O.CN1C(=O)C2=C(SCCS2)C1=O.CN1C(=O)C2CC=CCC2C1=O.CN1C(=O)C2CCCCC2C1=O. The fraction of sp³-hybridized carbons (Fsp3) is 0.588. The van der Waals surface area contributed by atoms with Crippen LogP contribution in [0.25, 0.3) is 0 Å². The van der Waals surface area contributed by atoms with Gasteiger partial charge in [0.1, 0.15) is 0 Å². The van der Waals surface area contributed by atoms with Crippen LogP contribution in [0, 0.1) is 23.7 Å². The van der Waals surface area contributed by atoms with Crippen LogP contribution in [0.4, 0.5) is 0 Å². The van der Waals surface area contributed by atoms with Crippen LogP contribution in [0.15, 0.2) is 33.1 Å². The van der Waals surface area contributed by atoms with Gasteiger partial charge in [0.2, 0.25) is 23.6 Å². The van der Waals surface area contributed by atoms with Crippen molar-refractivity contribution >= 4 is 70.8 Å². The van der Waals surface area contributed by atoms with E-state index in [0.717, 1.165) is 86.9 Å². The van der Waals surface area contributed by atoms with Gasteiger partial charge in [0.15, 0.2) is 0 Å². The summed E-state index contributed by atoms with van der Waals surface area (Å²) in [6.45, 7) is 0. The average Bonchev–Trinajstić information content (AvgIpc) is 3.67. The minimum absolute atomic E-state index is 0.00523. The van der Waals surface area contributed by atoms with E-state index in [9.17, 15) is 38.4 Å². The van der Waals surface area contributed by atoms with Crippen molar-refractivity contribution in [1.82, 2.24) is 19.6 Å². The number of rotatable bonds is 0. The molecule has 12 nitrogen and oxygen atoms in total. The number of hydrogen-bond donors (Lipinski definition) is 0. The van der Waals surface area contributed by atoms with Gasteiger partial charge in [0.05, 0.1) is 33.5 Å². The molecule has 0 bridgehead atoms. The van der Waals surface area contributed by atoms with Crippen molar-refractivity contribution < 1.29 is 38.4 Å². The van der Waals surface area contributed by atoms with Crippen molar-refractivity contribution in [1.29, 1.82) is 0 Å². The summed E-state index contributed by atoms with van der Waals surface area (Å²) in [5.41, 5.74) is 1.54. The van der Waals surface area contributed by atoms with Crippen LogP contribution < -0.4 is 0 Å². The molecule has 0 spiro atoms. The van der Waals surface area contributed by atoms with Crippen molar-refractivity contribution in [2.75, 3.05) is 39.7 Å². The lowest BCUT2D eigenvalue weighted by Gasteiger charge is -2.19. The number of hydrogen-bond acceptors (Lipinski definition) is 10. The summed E-state index contributed by atoms with van der Waals surface area (Å²) in [6, 6.07) is 0. The van der Waals surface area contributed by atoms with Gasteiger partial charge in [-0.3, -0.25) is 58.0 Å². The number of carbonyl (C=O) groups is 8. The smallest absolute Gasteiger partial charge is 0.268 e. The van der Waals surface area contributed by atoms with Crippen LogP contribution in [0.2, 0.25) is 0 Å². The van der Waals surface area contributed by atoms with Gasteiger partial charge in [-0.05, 0) is 51.4 Å². The zero-order chi connectivity index (χ0) is 34.9. The highest BCUT2D eigenvalue weighted by molar-refractivity contribution is 8.11. The first-order valence-electron chi connectivity index (χ1n) is 16.5. The summed E-state index contributed by atoms with van der Waals surface area (Å²) in [5, 5.41) is 0. The molecule has 4 unspecified atom stereocenters. The van der Waals surface area contributed by atoms with Crippen molar-refractivity contribution in [3.63, 3.8) is 0 Å². The van der Waals surface area contributed by atoms with E-state index in [1.807, 2.05) is 12.2 Å². The van der Waals surface area contributed by atoms with E-state index < -0.39 is 0 Å². The minimum Gasteiger partial charge on any atom is -0.285 e. The third-order valence-corrected chi connectivity index (χ3v) is 12.7. The summed E-state index contributed by atoms with van der Waals surface area (Å²) in [4.78, 5) is 97.6. The third-order valence-electron chi connectivity index (χ3n) is 10.2. The fourth-order valence-electron chi connectivity index (χ4n) is 7.30. The Bertz CT molecular complexity index is 1380. The highest BCUT2D eigenvalue weighted by atomic mass is 32.2. The van der Waals surface area contributed by atoms with Gasteiger partial charge < -0.3 is 0 Å². The Morgan fingerprint density at radius 1 is 0.479 bits per heavy atom. The number of imide groups is 4. The Balaban J connectivity index is 0.000000125. The standard InChI is InChI=1S/C9H13NO2.2C9H11NO2.C7H7NO2S2/c3*1-10-8(11)6-4-2-3-5-7(6)9(10)12;1-8-6(9)4-5(7(8)10)12-3-2-11-4/h6-7H,2-5H2,1H3;2-5H2,1H3;2-3,6-7H,4-5H2,1H3;2-3H2,1H3. The number of nitrogens with zero attached hydrogens (tertiary/aromatic N) is 4. The molecule has 4 atom stereocenters. The summed E-state index contributed by atoms with van der Waals surface area (Å²) < 4.78 is 0. The van der Waals surface area contributed by atoms with Crippen LogP contribution in [0.3, 0.4) is 0 Å². The highest BCUT2D eigenvalue weighted by Crippen LogP contribution is 2.40. The fourth-order valence-corrected chi connectivity index (χ4v) is 9.69. The predicted octanol–water partition coefficient (Wildman–Crippen LogP) is 2.89. The second kappa shape index (κ2) is 14.9. The number of fused-ring (bicyclic) bond motifs is 2. The molecular weight excluding hydrogens is 657 g/mol. The van der Waals surface area contributed by atoms with E-state index in [0.29, 0.717) is 9.81 Å². The van der Waals surface area contributed by atoms with Gasteiger partial charge in [0.25, 0.3) is 23.6 Å². The van der Waals surface area contributed by atoms with Gasteiger partial charge in [0, 0.05) is 50.8 Å². The van der Waals surface area contributed by atoms with Crippen LogP contribution in [0.5, 0.6) is 0 Å². The number of amides is 8. The van der Waals surface area contributed by atoms with Crippen molar-refractivity contribution in [2.45, 2.75) is 64.2 Å². The molecule has 0 aromatic heterocycles. The lowest BCUT2D eigenvalue weighted by atomic mass is 9.81. The lowest BCUT2D eigenvalue weighted by molar-refractivity contribution is -0.139. The molecule has 5 heterocycles. The molecular formula is C34H42N4O8S2. The number of carbonyl (C=O) groups excluding carboxylic acids is 8. The molecule has 0 aromatic carbocycles. The number of allylic oxidation sites excluding steroid dienone is 2. The van der Waals surface area contributed by atoms with Crippen LogP contribution in [-0.4, -0.2) is 107 Å². The van der Waals surface area contributed by atoms with Crippen molar-refractivity contribution in [3.8, 4) is 0 Å². The molecule has 0 radical (unpaired) electrons. The average molecular weight is 699 g/mol. The molecule has 0 N–H and O–H groups in total. The van der Waals surface area contributed by atoms with Crippen LogP contribution >= 0.6 is 23.5 Å². The Hall–Kier alpha value is -3.52. The Morgan fingerprint density at radius 2 is 0.833 bits per heavy atom. The second-order valence-electron chi connectivity index (χ2n) is 13.0. The third kappa shape index (κ3) is 6.70. The van der Waals surface area contributed by atoms with E-state index in [4.69, 9.17) is 0 Å². The van der Waals surface area contributed by atoms with E-state index in [-0.39, 0.29) is 70.9 Å². The summed E-state index contributed by atoms with van der Waals surface area (Å²) in [6.07, 6.45) is 13.2. The summed E-state index contributed by atoms with van der Waals surface area (Å²) >= 11 is 2.99.